The molecule has 0 radical (unpaired) electrons. The van der Waals surface area contributed by atoms with Gasteiger partial charge in [0.25, 0.3) is 0 Å². The van der Waals surface area contributed by atoms with Gasteiger partial charge in [-0.2, -0.15) is 0 Å². The van der Waals surface area contributed by atoms with E-state index >= 15 is 0 Å². The van der Waals surface area contributed by atoms with Crippen LogP contribution in [0.15, 0.2) is 18.3 Å². The Bertz CT molecular complexity index is 652. The van der Waals surface area contributed by atoms with E-state index in [1.165, 1.54) is 0 Å². The minimum Gasteiger partial charge on any atom is -0.477 e. The Morgan fingerprint density at radius 2 is 1.95 bits per heavy atom. The van der Waals surface area contributed by atoms with Crippen molar-refractivity contribution in [1.29, 1.82) is 0 Å². The van der Waals surface area contributed by atoms with Gasteiger partial charge in [-0.05, 0) is 44.7 Å². The molecule has 0 spiro atoms. The average Bonchev–Trinajstić information content (AvgIpc) is 3.04. The van der Waals surface area contributed by atoms with Gasteiger partial charge in [-0.25, -0.2) is 17.5 Å². The number of carboxylic acids is 1. The molecule has 2 fully saturated rings. The molecule has 1 aromatic rings. The molecule has 3 rings (SSSR count). The maximum atomic E-state index is 12.5. The summed E-state index contributed by atoms with van der Waals surface area (Å²) in [6, 6.07) is 3.36. The van der Waals surface area contributed by atoms with Crippen molar-refractivity contribution in [3.05, 3.63) is 24.0 Å². The van der Waals surface area contributed by atoms with Crippen molar-refractivity contribution in [3.63, 3.8) is 0 Å². The lowest BCUT2D eigenvalue weighted by molar-refractivity contribution is 0.0680. The maximum Gasteiger partial charge on any atom is 0.352 e. The number of nitrogens with zero attached hydrogens (tertiary/aromatic N) is 2. The molecule has 0 bridgehead atoms. The van der Waals surface area contributed by atoms with Gasteiger partial charge in [0.15, 0.2) is 0 Å². The molecule has 1 saturated carbocycles. The van der Waals surface area contributed by atoms with E-state index in [0.717, 1.165) is 12.8 Å². The van der Waals surface area contributed by atoms with E-state index in [-0.39, 0.29) is 11.7 Å². The first-order valence-electron chi connectivity index (χ1n) is 7.25. The van der Waals surface area contributed by atoms with Gasteiger partial charge in [-0.3, -0.25) is 0 Å². The highest BCUT2D eigenvalue weighted by Crippen LogP contribution is 2.45. The number of aromatic carboxylic acids is 1. The van der Waals surface area contributed by atoms with Crippen LogP contribution in [0.4, 0.5) is 0 Å². The summed E-state index contributed by atoms with van der Waals surface area (Å²) < 4.78 is 27.7. The Kier molecular flexibility index (Phi) is 3.37. The summed E-state index contributed by atoms with van der Waals surface area (Å²) in [4.78, 5) is 11.2. The molecule has 116 valence electrons. The van der Waals surface area contributed by atoms with Gasteiger partial charge in [0.1, 0.15) is 5.69 Å². The third kappa shape index (κ3) is 2.38. The molecule has 0 atom stereocenters. The second-order valence-electron chi connectivity index (χ2n) is 6.19. The monoisotopic (exact) mass is 312 g/mol. The number of carboxylic acid groups (broad SMARTS) is 1. The highest BCUT2D eigenvalue weighted by Gasteiger charge is 2.53. The predicted molar refractivity (Wildman–Crippen MR) is 77.8 cm³/mol. The predicted octanol–water partition coefficient (Wildman–Crippen LogP) is 1.71. The molecule has 1 aromatic heterocycles. The Morgan fingerprint density at radius 1 is 1.33 bits per heavy atom. The fourth-order valence-corrected chi connectivity index (χ4v) is 4.93. The molecule has 0 amide bonds. The molecular formula is C14H20N2O4S. The number of piperidine rings is 1. The molecule has 1 saturated heterocycles. The molecule has 2 aliphatic rings. The topological polar surface area (TPSA) is 79.6 Å². The highest BCUT2D eigenvalue weighted by molar-refractivity contribution is 7.90. The molecule has 21 heavy (non-hydrogen) atoms. The molecule has 0 aromatic carbocycles. The molecule has 1 aliphatic heterocycles. The molecule has 2 heterocycles. The van der Waals surface area contributed by atoms with Crippen LogP contribution in [0.3, 0.4) is 0 Å². The largest absolute Gasteiger partial charge is 0.477 e. The van der Waals surface area contributed by atoms with Crippen molar-refractivity contribution in [2.45, 2.75) is 43.4 Å². The highest BCUT2D eigenvalue weighted by atomic mass is 32.2. The summed E-state index contributed by atoms with van der Waals surface area (Å²) in [5.41, 5.74) is 0.269. The fraction of sp³-hybridized carbons (Fsp3) is 0.643. The zero-order valence-electron chi connectivity index (χ0n) is 12.0. The van der Waals surface area contributed by atoms with E-state index in [2.05, 4.69) is 0 Å². The Labute approximate surface area is 124 Å². The Hall–Kier alpha value is -1.34. The van der Waals surface area contributed by atoms with Gasteiger partial charge < -0.3 is 9.67 Å². The van der Waals surface area contributed by atoms with Crippen molar-refractivity contribution in [1.82, 2.24) is 8.87 Å². The van der Waals surface area contributed by atoms with Crippen molar-refractivity contribution in [2.75, 3.05) is 13.1 Å². The summed E-state index contributed by atoms with van der Waals surface area (Å²) >= 11 is 0. The van der Waals surface area contributed by atoms with Gasteiger partial charge in [0.05, 0.1) is 4.75 Å². The maximum absolute atomic E-state index is 12.5. The quantitative estimate of drug-likeness (QED) is 0.918. The minimum atomic E-state index is -3.20. The zero-order valence-corrected chi connectivity index (χ0v) is 12.8. The molecule has 1 N–H and O–H groups in total. The zero-order chi connectivity index (χ0) is 15.3. The van der Waals surface area contributed by atoms with Gasteiger partial charge in [0, 0.05) is 25.3 Å². The lowest BCUT2D eigenvalue weighted by Gasteiger charge is -2.34. The number of hydrogen-bond acceptors (Lipinski definition) is 3. The number of rotatable bonds is 4. The number of sulfonamides is 1. The second-order valence-corrected chi connectivity index (χ2v) is 8.64. The first-order chi connectivity index (χ1) is 9.85. The lowest BCUT2D eigenvalue weighted by atomic mass is 10.1. The van der Waals surface area contributed by atoms with Crippen LogP contribution in [0.1, 0.15) is 49.1 Å². The van der Waals surface area contributed by atoms with E-state index in [4.69, 9.17) is 5.11 Å². The van der Waals surface area contributed by atoms with E-state index in [9.17, 15) is 13.2 Å². The summed E-state index contributed by atoms with van der Waals surface area (Å²) in [5.74, 6) is -0.944. The van der Waals surface area contributed by atoms with Crippen LogP contribution in [0, 0.1) is 0 Å². The van der Waals surface area contributed by atoms with Crippen LogP contribution in [-0.4, -0.2) is 46.2 Å². The van der Waals surface area contributed by atoms with E-state index < -0.39 is 20.7 Å². The molecule has 6 nitrogen and oxygen atoms in total. The molecule has 7 heteroatoms. The molecule has 1 aliphatic carbocycles. The first kappa shape index (κ1) is 14.6. The van der Waals surface area contributed by atoms with Gasteiger partial charge in [0.2, 0.25) is 10.0 Å². The summed E-state index contributed by atoms with van der Waals surface area (Å²) in [6.45, 7) is 2.75. The van der Waals surface area contributed by atoms with Gasteiger partial charge >= 0.3 is 5.97 Å². The van der Waals surface area contributed by atoms with Crippen LogP contribution in [0.2, 0.25) is 0 Å². The van der Waals surface area contributed by atoms with Gasteiger partial charge in [-0.15, -0.1) is 0 Å². The van der Waals surface area contributed by atoms with Crippen LogP contribution in [0.25, 0.3) is 0 Å². The van der Waals surface area contributed by atoms with Crippen molar-refractivity contribution in [3.8, 4) is 0 Å². The summed E-state index contributed by atoms with van der Waals surface area (Å²) in [7, 11) is -3.20. The molecular weight excluding hydrogens is 292 g/mol. The minimum absolute atomic E-state index is 0.0598. The van der Waals surface area contributed by atoms with Crippen LogP contribution in [-0.2, 0) is 10.0 Å². The van der Waals surface area contributed by atoms with Gasteiger partial charge in [-0.1, -0.05) is 0 Å². The number of hydrogen-bond donors (Lipinski definition) is 1. The average molecular weight is 312 g/mol. The Balaban J connectivity index is 1.71. The van der Waals surface area contributed by atoms with Crippen LogP contribution >= 0.6 is 0 Å². The number of aromatic nitrogens is 1. The summed E-state index contributed by atoms with van der Waals surface area (Å²) in [5, 5.41) is 9.15. The number of carbonyl (C=O) groups is 1. The van der Waals surface area contributed by atoms with Crippen molar-refractivity contribution < 1.29 is 18.3 Å². The van der Waals surface area contributed by atoms with Crippen molar-refractivity contribution in [2.24, 2.45) is 0 Å². The second kappa shape index (κ2) is 4.84. The van der Waals surface area contributed by atoms with Crippen LogP contribution < -0.4 is 0 Å². The first-order valence-corrected chi connectivity index (χ1v) is 8.69. The third-order valence-corrected chi connectivity index (χ3v) is 7.43. The smallest absolute Gasteiger partial charge is 0.352 e. The standard InChI is InChI=1S/C14H20N2O4S/c1-14(6-7-14)21(19,20)15-9-4-11(5-10-15)16-8-2-3-12(16)13(17)18/h2-3,8,11H,4-7,9-10H2,1H3,(H,17,18). The SMILES string of the molecule is CC1(S(=O)(=O)N2CCC(n3cccc3C(=O)O)CC2)CC1. The van der Waals surface area contributed by atoms with E-state index in [1.807, 2.05) is 6.92 Å². The lowest BCUT2D eigenvalue weighted by Crippen LogP contribution is -2.44. The fourth-order valence-electron chi connectivity index (χ4n) is 3.00. The molecule has 0 unspecified atom stereocenters. The van der Waals surface area contributed by atoms with E-state index in [1.54, 1.807) is 27.2 Å². The third-order valence-electron chi connectivity index (χ3n) is 4.73. The normalized spacial score (nSPS) is 23.1. The summed E-state index contributed by atoms with van der Waals surface area (Å²) in [6.07, 6.45) is 4.57. The van der Waals surface area contributed by atoms with E-state index in [0.29, 0.717) is 25.9 Å². The van der Waals surface area contributed by atoms with Crippen LogP contribution in [0.5, 0.6) is 0 Å². The van der Waals surface area contributed by atoms with Crippen molar-refractivity contribution >= 4 is 16.0 Å². The Morgan fingerprint density at radius 3 is 2.48 bits per heavy atom.